The molecule has 4 rings (SSSR count). The van der Waals surface area contributed by atoms with Crippen LogP contribution in [0.2, 0.25) is 0 Å². The third-order valence-corrected chi connectivity index (χ3v) is 4.48. The van der Waals surface area contributed by atoms with Gasteiger partial charge in [0.25, 0.3) is 0 Å². The van der Waals surface area contributed by atoms with Crippen LogP contribution in [0.4, 0.5) is 0 Å². The van der Waals surface area contributed by atoms with Crippen LogP contribution >= 0.6 is 0 Å². The Balaban J connectivity index is 0.000000172. The van der Waals surface area contributed by atoms with E-state index in [1.165, 1.54) is 0 Å². The molecule has 2 heteroatoms. The molecule has 0 spiro atoms. The molecule has 30 heavy (non-hydrogen) atoms. The zero-order valence-corrected chi connectivity index (χ0v) is 16.6. The van der Waals surface area contributed by atoms with Crippen LogP contribution in [0.15, 0.2) is 121 Å². The molecule has 0 amide bonds. The number of aliphatic hydroxyl groups excluding tert-OH is 2. The molecule has 2 nitrogen and oxygen atoms in total. The monoisotopic (exact) mass is 392 g/mol. The molecule has 2 atom stereocenters. The Kier molecular flexibility index (Phi) is 8.00. The highest BCUT2D eigenvalue weighted by Crippen LogP contribution is 2.27. The SMILES string of the molecule is C(#Cc1ccccc1)c1ccccc1.O[C@H](c1ccccc1)[C@H](O)c1ccccc1. The quantitative estimate of drug-likeness (QED) is 0.450. The summed E-state index contributed by atoms with van der Waals surface area (Å²) in [4.78, 5) is 0. The Labute approximate surface area is 178 Å². The molecule has 0 fully saturated rings. The largest absolute Gasteiger partial charge is 0.385 e. The van der Waals surface area contributed by atoms with Crippen LogP contribution in [-0.4, -0.2) is 10.2 Å². The maximum Gasteiger partial charge on any atom is 0.109 e. The van der Waals surface area contributed by atoms with Crippen LogP contribution in [0, 0.1) is 11.8 Å². The lowest BCUT2D eigenvalue weighted by molar-refractivity contribution is 0.0172. The molecular formula is C28H24O2. The van der Waals surface area contributed by atoms with Gasteiger partial charge in [0, 0.05) is 11.1 Å². The first-order chi connectivity index (χ1) is 14.7. The van der Waals surface area contributed by atoms with Crippen LogP contribution in [0.1, 0.15) is 34.5 Å². The Morgan fingerprint density at radius 3 is 0.967 bits per heavy atom. The molecule has 0 aliphatic carbocycles. The van der Waals surface area contributed by atoms with Gasteiger partial charge >= 0.3 is 0 Å². The molecule has 0 heterocycles. The second-order valence-corrected chi connectivity index (χ2v) is 6.69. The standard InChI is InChI=1S/C14H14O2.C14H10/c15-13(11-7-3-1-4-8-11)14(16)12-9-5-2-6-10-12;1-3-7-13(8-4-1)11-12-14-9-5-2-6-10-14/h1-10,13-16H;1-10H/t13-,14-;/m1./s1. The minimum atomic E-state index is -0.886. The third-order valence-electron chi connectivity index (χ3n) is 4.48. The Morgan fingerprint density at radius 2 is 0.667 bits per heavy atom. The van der Waals surface area contributed by atoms with Crippen molar-refractivity contribution in [3.8, 4) is 11.8 Å². The van der Waals surface area contributed by atoms with E-state index in [9.17, 15) is 10.2 Å². The van der Waals surface area contributed by atoms with Gasteiger partial charge in [0.15, 0.2) is 0 Å². The maximum absolute atomic E-state index is 9.99. The summed E-state index contributed by atoms with van der Waals surface area (Å²) in [5.41, 5.74) is 3.55. The fourth-order valence-electron chi connectivity index (χ4n) is 2.85. The van der Waals surface area contributed by atoms with Crippen molar-refractivity contribution >= 4 is 0 Å². The second kappa shape index (κ2) is 11.4. The normalized spacial score (nSPS) is 11.8. The number of aliphatic hydroxyl groups is 2. The van der Waals surface area contributed by atoms with Gasteiger partial charge in [0.2, 0.25) is 0 Å². The van der Waals surface area contributed by atoms with Gasteiger partial charge in [-0.25, -0.2) is 0 Å². The second-order valence-electron chi connectivity index (χ2n) is 6.69. The van der Waals surface area contributed by atoms with Gasteiger partial charge in [-0.15, -0.1) is 0 Å². The minimum absolute atomic E-state index is 0.721. The average Bonchev–Trinajstić information content (AvgIpc) is 2.84. The van der Waals surface area contributed by atoms with E-state index < -0.39 is 12.2 Å². The average molecular weight is 392 g/mol. The van der Waals surface area contributed by atoms with E-state index in [-0.39, 0.29) is 0 Å². The van der Waals surface area contributed by atoms with Crippen molar-refractivity contribution in [1.29, 1.82) is 0 Å². The molecule has 0 aliphatic heterocycles. The van der Waals surface area contributed by atoms with Gasteiger partial charge in [-0.2, -0.15) is 0 Å². The molecule has 2 N–H and O–H groups in total. The summed E-state index contributed by atoms with van der Waals surface area (Å²) in [6, 6.07) is 38.4. The summed E-state index contributed by atoms with van der Waals surface area (Å²) in [6.45, 7) is 0. The summed E-state index contributed by atoms with van der Waals surface area (Å²) < 4.78 is 0. The minimum Gasteiger partial charge on any atom is -0.385 e. The molecule has 0 bridgehead atoms. The van der Waals surface area contributed by atoms with E-state index in [0.29, 0.717) is 0 Å². The van der Waals surface area contributed by atoms with Gasteiger partial charge < -0.3 is 10.2 Å². The van der Waals surface area contributed by atoms with Crippen molar-refractivity contribution < 1.29 is 10.2 Å². The third kappa shape index (κ3) is 6.46. The molecule has 0 aromatic heterocycles. The first kappa shape index (κ1) is 21.1. The number of benzene rings is 4. The van der Waals surface area contributed by atoms with Crippen molar-refractivity contribution in [3.63, 3.8) is 0 Å². The Morgan fingerprint density at radius 1 is 0.400 bits per heavy atom. The zero-order chi connectivity index (χ0) is 21.0. The van der Waals surface area contributed by atoms with Crippen molar-refractivity contribution in [3.05, 3.63) is 144 Å². The predicted octanol–water partition coefficient (Wildman–Crippen LogP) is 5.54. The van der Waals surface area contributed by atoms with E-state index in [4.69, 9.17) is 0 Å². The lowest BCUT2D eigenvalue weighted by Gasteiger charge is -2.18. The highest BCUT2D eigenvalue weighted by molar-refractivity contribution is 5.42. The molecule has 148 valence electrons. The van der Waals surface area contributed by atoms with Crippen LogP contribution in [0.5, 0.6) is 0 Å². The lowest BCUT2D eigenvalue weighted by Crippen LogP contribution is -2.09. The molecule has 0 unspecified atom stereocenters. The zero-order valence-electron chi connectivity index (χ0n) is 16.6. The maximum atomic E-state index is 9.99. The van der Waals surface area contributed by atoms with Crippen LogP contribution in [-0.2, 0) is 0 Å². The van der Waals surface area contributed by atoms with E-state index in [2.05, 4.69) is 11.8 Å². The summed E-state index contributed by atoms with van der Waals surface area (Å²) in [5.74, 6) is 6.22. The van der Waals surface area contributed by atoms with Gasteiger partial charge in [-0.3, -0.25) is 0 Å². The highest BCUT2D eigenvalue weighted by atomic mass is 16.3. The first-order valence-corrected chi connectivity index (χ1v) is 9.82. The summed E-state index contributed by atoms with van der Waals surface area (Å²) in [6.07, 6.45) is -1.77. The van der Waals surface area contributed by atoms with Crippen LogP contribution in [0.25, 0.3) is 0 Å². The van der Waals surface area contributed by atoms with E-state index >= 15 is 0 Å². The Hall–Kier alpha value is -3.64. The summed E-state index contributed by atoms with van der Waals surface area (Å²) in [7, 11) is 0. The summed E-state index contributed by atoms with van der Waals surface area (Å²) in [5, 5.41) is 20.0. The fourth-order valence-corrected chi connectivity index (χ4v) is 2.85. The Bertz CT molecular complexity index is 963. The molecule has 0 saturated carbocycles. The van der Waals surface area contributed by atoms with Crippen molar-refractivity contribution in [2.45, 2.75) is 12.2 Å². The smallest absolute Gasteiger partial charge is 0.109 e. The van der Waals surface area contributed by atoms with Crippen molar-refractivity contribution in [1.82, 2.24) is 0 Å². The molecule has 4 aromatic carbocycles. The number of rotatable bonds is 3. The lowest BCUT2D eigenvalue weighted by atomic mass is 9.99. The van der Waals surface area contributed by atoms with Crippen molar-refractivity contribution in [2.75, 3.05) is 0 Å². The van der Waals surface area contributed by atoms with Gasteiger partial charge in [-0.1, -0.05) is 109 Å². The molecular weight excluding hydrogens is 368 g/mol. The number of hydrogen-bond donors (Lipinski definition) is 2. The van der Waals surface area contributed by atoms with E-state index in [1.807, 2.05) is 97.1 Å². The predicted molar refractivity (Wildman–Crippen MR) is 122 cm³/mol. The van der Waals surface area contributed by atoms with Gasteiger partial charge in [0.05, 0.1) is 0 Å². The van der Waals surface area contributed by atoms with Crippen LogP contribution < -0.4 is 0 Å². The number of hydrogen-bond acceptors (Lipinski definition) is 2. The molecule has 0 aliphatic rings. The van der Waals surface area contributed by atoms with E-state index in [0.717, 1.165) is 22.3 Å². The van der Waals surface area contributed by atoms with Gasteiger partial charge in [-0.05, 0) is 35.4 Å². The first-order valence-electron chi connectivity index (χ1n) is 9.82. The van der Waals surface area contributed by atoms with Crippen molar-refractivity contribution in [2.24, 2.45) is 0 Å². The van der Waals surface area contributed by atoms with Crippen LogP contribution in [0.3, 0.4) is 0 Å². The topological polar surface area (TPSA) is 40.5 Å². The molecule has 4 aromatic rings. The highest BCUT2D eigenvalue weighted by Gasteiger charge is 2.19. The summed E-state index contributed by atoms with van der Waals surface area (Å²) >= 11 is 0. The van der Waals surface area contributed by atoms with Gasteiger partial charge in [0.1, 0.15) is 12.2 Å². The van der Waals surface area contributed by atoms with E-state index in [1.54, 1.807) is 24.3 Å². The molecule has 0 saturated heterocycles. The fraction of sp³-hybridized carbons (Fsp3) is 0.0714. The molecule has 0 radical (unpaired) electrons.